The highest BCUT2D eigenvalue weighted by Gasteiger charge is 2.46. The fourth-order valence-electron chi connectivity index (χ4n) is 3.15. The molecule has 3 rings (SSSR count). The standard InChI is InChI=1S/C17H20F3NO2/c18-17(19,20)12-3-1-2-11(8-12)13-9-14(13)16(23)21-15(6-7-22)10-4-5-10/h1-3,8,10,13-15,22H,4-7,9H2,(H,21,23). The summed E-state index contributed by atoms with van der Waals surface area (Å²) in [6, 6.07) is 5.23. The van der Waals surface area contributed by atoms with E-state index in [0.29, 0.717) is 24.3 Å². The van der Waals surface area contributed by atoms with E-state index in [9.17, 15) is 18.0 Å². The van der Waals surface area contributed by atoms with Gasteiger partial charge < -0.3 is 10.4 Å². The molecule has 2 N–H and O–H groups in total. The quantitative estimate of drug-likeness (QED) is 0.843. The fraction of sp³-hybridized carbons (Fsp3) is 0.588. The number of carbonyl (C=O) groups is 1. The van der Waals surface area contributed by atoms with Crippen LogP contribution in [0.2, 0.25) is 0 Å². The number of benzene rings is 1. The lowest BCUT2D eigenvalue weighted by Crippen LogP contribution is -2.38. The van der Waals surface area contributed by atoms with Crippen molar-refractivity contribution in [3.8, 4) is 0 Å². The van der Waals surface area contributed by atoms with Crippen LogP contribution in [0.3, 0.4) is 0 Å². The third-order valence-electron chi connectivity index (χ3n) is 4.73. The van der Waals surface area contributed by atoms with Gasteiger partial charge in [-0.25, -0.2) is 0 Å². The summed E-state index contributed by atoms with van der Waals surface area (Å²) in [5.74, 6) is -0.0423. The Morgan fingerprint density at radius 3 is 2.70 bits per heavy atom. The molecule has 1 amide bonds. The first-order valence-corrected chi connectivity index (χ1v) is 7.98. The highest BCUT2D eigenvalue weighted by atomic mass is 19.4. The van der Waals surface area contributed by atoms with Gasteiger partial charge in [-0.15, -0.1) is 0 Å². The molecule has 3 nitrogen and oxygen atoms in total. The van der Waals surface area contributed by atoms with Gasteiger partial charge in [-0.3, -0.25) is 4.79 Å². The van der Waals surface area contributed by atoms with Gasteiger partial charge in [-0.05, 0) is 49.1 Å². The molecule has 2 aliphatic carbocycles. The van der Waals surface area contributed by atoms with Crippen molar-refractivity contribution < 1.29 is 23.1 Å². The molecule has 0 saturated heterocycles. The highest BCUT2D eigenvalue weighted by Crippen LogP contribution is 2.48. The number of hydrogen-bond acceptors (Lipinski definition) is 2. The molecule has 0 spiro atoms. The molecule has 0 bridgehead atoms. The van der Waals surface area contributed by atoms with Gasteiger partial charge in [0.25, 0.3) is 0 Å². The van der Waals surface area contributed by atoms with Crippen LogP contribution in [0.15, 0.2) is 24.3 Å². The fourth-order valence-corrected chi connectivity index (χ4v) is 3.15. The van der Waals surface area contributed by atoms with Crippen LogP contribution in [-0.4, -0.2) is 23.7 Å². The van der Waals surface area contributed by atoms with Crippen molar-refractivity contribution in [2.45, 2.75) is 43.8 Å². The van der Waals surface area contributed by atoms with Crippen molar-refractivity contribution in [2.24, 2.45) is 11.8 Å². The zero-order chi connectivity index (χ0) is 16.6. The third-order valence-corrected chi connectivity index (χ3v) is 4.73. The molecule has 1 aromatic rings. The number of alkyl halides is 3. The van der Waals surface area contributed by atoms with Crippen molar-refractivity contribution in [1.29, 1.82) is 0 Å². The number of nitrogens with one attached hydrogen (secondary N) is 1. The second-order valence-corrected chi connectivity index (χ2v) is 6.54. The Kier molecular flexibility index (Phi) is 4.36. The summed E-state index contributed by atoms with van der Waals surface area (Å²) in [5, 5.41) is 12.0. The first-order valence-electron chi connectivity index (χ1n) is 7.98. The molecule has 126 valence electrons. The summed E-state index contributed by atoms with van der Waals surface area (Å²) >= 11 is 0. The van der Waals surface area contributed by atoms with Crippen LogP contribution >= 0.6 is 0 Å². The van der Waals surface area contributed by atoms with Gasteiger partial charge in [0.1, 0.15) is 0 Å². The van der Waals surface area contributed by atoms with Gasteiger partial charge in [0.05, 0.1) is 5.56 Å². The zero-order valence-electron chi connectivity index (χ0n) is 12.6. The number of carbonyl (C=O) groups excluding carboxylic acids is 1. The van der Waals surface area contributed by atoms with Crippen molar-refractivity contribution in [3.63, 3.8) is 0 Å². The van der Waals surface area contributed by atoms with Crippen molar-refractivity contribution >= 4 is 5.91 Å². The van der Waals surface area contributed by atoms with E-state index in [2.05, 4.69) is 5.32 Å². The lowest BCUT2D eigenvalue weighted by atomic mass is 10.0. The molecule has 2 aliphatic rings. The number of halogens is 3. The second-order valence-electron chi connectivity index (χ2n) is 6.54. The van der Waals surface area contributed by atoms with Crippen LogP contribution in [0.1, 0.15) is 42.7 Å². The molecule has 0 heterocycles. The van der Waals surface area contributed by atoms with Gasteiger partial charge >= 0.3 is 6.18 Å². The van der Waals surface area contributed by atoms with E-state index in [1.807, 2.05) is 0 Å². The number of rotatable bonds is 6. The summed E-state index contributed by atoms with van der Waals surface area (Å²) in [4.78, 5) is 12.3. The molecule has 3 unspecified atom stereocenters. The monoisotopic (exact) mass is 327 g/mol. The molecule has 23 heavy (non-hydrogen) atoms. The molecule has 0 aromatic heterocycles. The van der Waals surface area contributed by atoms with Crippen LogP contribution in [0, 0.1) is 11.8 Å². The summed E-state index contributed by atoms with van der Waals surface area (Å²) in [7, 11) is 0. The Hall–Kier alpha value is -1.56. The maximum Gasteiger partial charge on any atom is 0.416 e. The van der Waals surface area contributed by atoms with Crippen LogP contribution in [0.5, 0.6) is 0 Å². The van der Waals surface area contributed by atoms with E-state index in [0.717, 1.165) is 25.0 Å². The minimum atomic E-state index is -4.36. The second kappa shape index (κ2) is 6.15. The number of aliphatic hydroxyl groups is 1. The lowest BCUT2D eigenvalue weighted by Gasteiger charge is -2.17. The van der Waals surface area contributed by atoms with E-state index >= 15 is 0 Å². The Labute approximate surface area is 132 Å². The average molecular weight is 327 g/mol. The van der Waals surface area contributed by atoms with E-state index in [1.165, 1.54) is 6.07 Å². The van der Waals surface area contributed by atoms with Gasteiger partial charge in [0, 0.05) is 18.6 Å². The van der Waals surface area contributed by atoms with Crippen LogP contribution in [0.25, 0.3) is 0 Å². The summed E-state index contributed by atoms with van der Waals surface area (Å²) < 4.78 is 38.3. The van der Waals surface area contributed by atoms with Crippen LogP contribution in [0.4, 0.5) is 13.2 Å². The minimum Gasteiger partial charge on any atom is -0.396 e. The molecule has 2 fully saturated rings. The molecular weight excluding hydrogens is 307 g/mol. The smallest absolute Gasteiger partial charge is 0.396 e. The first kappa shape index (κ1) is 16.3. The Morgan fingerprint density at radius 1 is 1.35 bits per heavy atom. The van der Waals surface area contributed by atoms with E-state index < -0.39 is 11.7 Å². The molecule has 0 radical (unpaired) electrons. The average Bonchev–Trinajstić information content (AvgIpc) is 3.39. The predicted octanol–water partition coefficient (Wildman–Crippen LogP) is 3.09. The lowest BCUT2D eigenvalue weighted by molar-refractivity contribution is -0.137. The maximum absolute atomic E-state index is 12.8. The van der Waals surface area contributed by atoms with Gasteiger partial charge in [-0.2, -0.15) is 13.2 Å². The maximum atomic E-state index is 12.8. The van der Waals surface area contributed by atoms with E-state index in [4.69, 9.17) is 5.11 Å². The number of hydrogen-bond donors (Lipinski definition) is 2. The molecule has 3 atom stereocenters. The zero-order valence-corrected chi connectivity index (χ0v) is 12.6. The Bertz CT molecular complexity index is 583. The van der Waals surface area contributed by atoms with Crippen LogP contribution in [-0.2, 0) is 11.0 Å². The normalized spacial score (nSPS) is 25.0. The third kappa shape index (κ3) is 3.86. The van der Waals surface area contributed by atoms with Gasteiger partial charge in [-0.1, -0.05) is 18.2 Å². The Morgan fingerprint density at radius 2 is 2.09 bits per heavy atom. The Balaban J connectivity index is 1.61. The summed E-state index contributed by atoms with van der Waals surface area (Å²) in [5.41, 5.74) is -0.0951. The molecule has 2 saturated carbocycles. The minimum absolute atomic E-state index is 0.00439. The molecular formula is C17H20F3NO2. The molecule has 0 aliphatic heterocycles. The molecule has 1 aromatic carbocycles. The summed E-state index contributed by atoms with van der Waals surface area (Å²) in [6.45, 7) is 0.0309. The van der Waals surface area contributed by atoms with Crippen LogP contribution < -0.4 is 5.32 Å². The van der Waals surface area contributed by atoms with E-state index in [1.54, 1.807) is 6.07 Å². The largest absolute Gasteiger partial charge is 0.416 e. The van der Waals surface area contributed by atoms with Gasteiger partial charge in [0.15, 0.2) is 0 Å². The summed E-state index contributed by atoms with van der Waals surface area (Å²) in [6.07, 6.45) is -1.11. The van der Waals surface area contributed by atoms with Crippen molar-refractivity contribution in [2.75, 3.05) is 6.61 Å². The SMILES string of the molecule is O=C(NC(CCO)C1CC1)C1CC1c1cccc(C(F)(F)F)c1. The van der Waals surface area contributed by atoms with E-state index in [-0.39, 0.29) is 30.4 Å². The highest BCUT2D eigenvalue weighted by molar-refractivity contribution is 5.83. The van der Waals surface area contributed by atoms with Crippen molar-refractivity contribution in [3.05, 3.63) is 35.4 Å². The van der Waals surface area contributed by atoms with Gasteiger partial charge in [0.2, 0.25) is 5.91 Å². The predicted molar refractivity (Wildman–Crippen MR) is 78.6 cm³/mol. The topological polar surface area (TPSA) is 49.3 Å². The number of aliphatic hydroxyl groups excluding tert-OH is 1. The molecule has 6 heteroatoms. The number of amides is 1. The van der Waals surface area contributed by atoms with Crippen molar-refractivity contribution in [1.82, 2.24) is 5.32 Å². The first-order chi connectivity index (χ1) is 10.9.